The summed E-state index contributed by atoms with van der Waals surface area (Å²) in [5, 5.41) is 5.16. The Labute approximate surface area is 150 Å². The van der Waals surface area contributed by atoms with Crippen LogP contribution < -0.4 is 10.6 Å². The number of nitrogens with one attached hydrogen (secondary N) is 2. The summed E-state index contributed by atoms with van der Waals surface area (Å²) in [6, 6.07) is 10.2. The second-order valence-electron chi connectivity index (χ2n) is 5.09. The molecule has 2 rings (SSSR count). The number of amides is 2. The van der Waals surface area contributed by atoms with Gasteiger partial charge >= 0.3 is 18.0 Å². The molecule has 0 spiro atoms. The zero-order chi connectivity index (χ0) is 19.1. The van der Waals surface area contributed by atoms with Crippen molar-refractivity contribution >= 4 is 29.3 Å². The molecular weight excluding hydrogens is 336 g/mol. The van der Waals surface area contributed by atoms with Crippen molar-refractivity contribution in [3.05, 3.63) is 59.2 Å². The van der Waals surface area contributed by atoms with Gasteiger partial charge < -0.3 is 20.1 Å². The lowest BCUT2D eigenvalue weighted by Crippen LogP contribution is -2.20. The van der Waals surface area contributed by atoms with Gasteiger partial charge in [0, 0.05) is 16.9 Å². The molecule has 132 valence electrons. The number of rotatable bonds is 4. The fourth-order valence-corrected chi connectivity index (χ4v) is 2.15. The first-order valence-corrected chi connectivity index (χ1v) is 7.43. The lowest BCUT2D eigenvalue weighted by molar-refractivity contribution is 0.0599. The van der Waals surface area contributed by atoms with Crippen molar-refractivity contribution < 1.29 is 23.9 Å². The maximum Gasteiger partial charge on any atom is 0.337 e. The van der Waals surface area contributed by atoms with Gasteiger partial charge in [0.2, 0.25) is 0 Å². The molecule has 0 saturated carbocycles. The number of hydrogen-bond donors (Lipinski definition) is 2. The molecule has 0 aromatic heterocycles. The molecule has 7 heteroatoms. The molecule has 0 unspecified atom stereocenters. The number of hydrogen-bond acceptors (Lipinski definition) is 5. The molecule has 0 fully saturated rings. The number of ether oxygens (including phenoxy) is 2. The van der Waals surface area contributed by atoms with E-state index in [0.717, 1.165) is 0 Å². The van der Waals surface area contributed by atoms with Crippen molar-refractivity contribution in [1.82, 2.24) is 0 Å². The zero-order valence-electron chi connectivity index (χ0n) is 14.2. The van der Waals surface area contributed by atoms with Crippen molar-refractivity contribution in [2.24, 2.45) is 0 Å². The number of terminal acetylenes is 1. The normalized spacial score (nSPS) is 9.58. The van der Waals surface area contributed by atoms with Crippen molar-refractivity contribution in [3.8, 4) is 12.3 Å². The van der Waals surface area contributed by atoms with Gasteiger partial charge in [0.25, 0.3) is 0 Å². The van der Waals surface area contributed by atoms with E-state index in [1.54, 1.807) is 24.3 Å². The molecule has 2 amide bonds. The molecule has 26 heavy (non-hydrogen) atoms. The molecule has 2 aromatic rings. The molecule has 0 radical (unpaired) electrons. The van der Waals surface area contributed by atoms with Gasteiger partial charge in [0.1, 0.15) is 0 Å². The van der Waals surface area contributed by atoms with E-state index in [1.807, 2.05) is 0 Å². The van der Waals surface area contributed by atoms with Gasteiger partial charge in [-0.05, 0) is 36.4 Å². The summed E-state index contributed by atoms with van der Waals surface area (Å²) in [6.07, 6.45) is 5.32. The molecule has 2 N–H and O–H groups in total. The average molecular weight is 352 g/mol. The fraction of sp³-hybridized carbons (Fsp3) is 0.105. The van der Waals surface area contributed by atoms with E-state index in [2.05, 4.69) is 26.0 Å². The predicted molar refractivity (Wildman–Crippen MR) is 96.1 cm³/mol. The van der Waals surface area contributed by atoms with Crippen molar-refractivity contribution in [3.63, 3.8) is 0 Å². The van der Waals surface area contributed by atoms with Gasteiger partial charge in [-0.15, -0.1) is 6.42 Å². The van der Waals surface area contributed by atoms with Gasteiger partial charge in [0.05, 0.1) is 25.3 Å². The van der Waals surface area contributed by atoms with Gasteiger partial charge in [-0.1, -0.05) is 12.0 Å². The Balaban J connectivity index is 2.23. The topological polar surface area (TPSA) is 93.7 Å². The van der Waals surface area contributed by atoms with Crippen LogP contribution in [0.2, 0.25) is 0 Å². The SMILES string of the molecule is C#Cc1cccc(NC(=O)Nc2cc(C(=O)OC)cc(C(=O)OC)c2)c1. The first-order valence-electron chi connectivity index (χ1n) is 7.43. The van der Waals surface area contributed by atoms with Crippen LogP contribution in [0.3, 0.4) is 0 Å². The standard InChI is InChI=1S/C19H16N2O5/c1-4-12-6-5-7-15(8-12)20-19(24)21-16-10-13(17(22)25-2)9-14(11-16)18(23)26-3/h1,5-11H,2-3H3,(H2,20,21,24). The molecular formula is C19H16N2O5. The van der Waals surface area contributed by atoms with Gasteiger partial charge in [-0.25, -0.2) is 14.4 Å². The minimum atomic E-state index is -0.652. The number of esters is 2. The third-order valence-electron chi connectivity index (χ3n) is 3.32. The molecule has 0 aliphatic heterocycles. The first-order chi connectivity index (χ1) is 12.5. The highest BCUT2D eigenvalue weighted by Crippen LogP contribution is 2.18. The number of anilines is 2. The van der Waals surface area contributed by atoms with E-state index in [0.29, 0.717) is 11.3 Å². The third kappa shape index (κ3) is 4.61. The summed E-state index contributed by atoms with van der Waals surface area (Å²) in [4.78, 5) is 35.7. The molecule has 0 saturated heterocycles. The average Bonchev–Trinajstić information content (AvgIpc) is 2.66. The molecule has 0 aliphatic rings. The Bertz CT molecular complexity index is 865. The fourth-order valence-electron chi connectivity index (χ4n) is 2.15. The number of urea groups is 1. The Hall–Kier alpha value is -3.79. The van der Waals surface area contributed by atoms with Crippen LogP contribution in [0, 0.1) is 12.3 Å². The lowest BCUT2D eigenvalue weighted by atomic mass is 10.1. The lowest BCUT2D eigenvalue weighted by Gasteiger charge is -2.11. The summed E-state index contributed by atoms with van der Waals surface area (Å²) < 4.78 is 9.30. The summed E-state index contributed by atoms with van der Waals surface area (Å²) in [5.41, 5.74) is 1.53. The van der Waals surface area contributed by atoms with Crippen LogP contribution in [0.15, 0.2) is 42.5 Å². The minimum Gasteiger partial charge on any atom is -0.465 e. The van der Waals surface area contributed by atoms with Crippen LogP contribution >= 0.6 is 0 Å². The van der Waals surface area contributed by atoms with Crippen molar-refractivity contribution in [1.29, 1.82) is 0 Å². The Morgan fingerprint density at radius 1 is 0.885 bits per heavy atom. The van der Waals surface area contributed by atoms with Crippen LogP contribution in [0.4, 0.5) is 16.2 Å². The minimum absolute atomic E-state index is 0.0972. The Kier molecular flexibility index (Phi) is 5.96. The number of carbonyl (C=O) groups is 3. The Morgan fingerprint density at radius 3 is 2.00 bits per heavy atom. The number of carbonyl (C=O) groups excluding carboxylic acids is 3. The second kappa shape index (κ2) is 8.35. The molecule has 0 atom stereocenters. The summed E-state index contributed by atoms with van der Waals surface area (Å²) >= 11 is 0. The quantitative estimate of drug-likeness (QED) is 0.652. The van der Waals surface area contributed by atoms with Crippen LogP contribution in [0.1, 0.15) is 26.3 Å². The van der Waals surface area contributed by atoms with E-state index in [1.165, 1.54) is 32.4 Å². The number of benzene rings is 2. The Morgan fingerprint density at radius 2 is 1.46 bits per heavy atom. The van der Waals surface area contributed by atoms with Crippen LogP contribution in [0.5, 0.6) is 0 Å². The highest BCUT2D eigenvalue weighted by molar-refractivity contribution is 6.02. The van der Waals surface area contributed by atoms with Gasteiger partial charge in [-0.2, -0.15) is 0 Å². The zero-order valence-corrected chi connectivity index (χ0v) is 14.2. The van der Waals surface area contributed by atoms with Crippen molar-refractivity contribution in [2.75, 3.05) is 24.9 Å². The first kappa shape index (κ1) is 18.5. The summed E-state index contributed by atoms with van der Waals surface area (Å²) in [6.45, 7) is 0. The highest BCUT2D eigenvalue weighted by Gasteiger charge is 2.15. The van der Waals surface area contributed by atoms with E-state index in [-0.39, 0.29) is 16.8 Å². The summed E-state index contributed by atoms with van der Waals surface area (Å²) in [7, 11) is 2.43. The largest absolute Gasteiger partial charge is 0.465 e. The monoisotopic (exact) mass is 352 g/mol. The van der Waals surface area contributed by atoms with E-state index < -0.39 is 18.0 Å². The van der Waals surface area contributed by atoms with Gasteiger partial charge in [0.15, 0.2) is 0 Å². The third-order valence-corrected chi connectivity index (χ3v) is 3.32. The predicted octanol–water partition coefficient (Wildman–Crippen LogP) is 2.89. The number of methoxy groups -OCH3 is 2. The molecule has 7 nitrogen and oxygen atoms in total. The smallest absolute Gasteiger partial charge is 0.337 e. The molecule has 0 aliphatic carbocycles. The second-order valence-corrected chi connectivity index (χ2v) is 5.09. The molecule has 0 heterocycles. The maximum absolute atomic E-state index is 12.2. The van der Waals surface area contributed by atoms with Crippen molar-refractivity contribution in [2.45, 2.75) is 0 Å². The highest BCUT2D eigenvalue weighted by atomic mass is 16.5. The van der Waals surface area contributed by atoms with Crippen LogP contribution in [-0.4, -0.2) is 32.2 Å². The molecule has 2 aromatic carbocycles. The van der Waals surface area contributed by atoms with E-state index in [9.17, 15) is 14.4 Å². The van der Waals surface area contributed by atoms with Crippen LogP contribution in [0.25, 0.3) is 0 Å². The van der Waals surface area contributed by atoms with E-state index in [4.69, 9.17) is 6.42 Å². The van der Waals surface area contributed by atoms with E-state index >= 15 is 0 Å². The molecule has 0 bridgehead atoms. The van der Waals surface area contributed by atoms with Crippen LogP contribution in [-0.2, 0) is 9.47 Å². The maximum atomic E-state index is 12.2. The summed E-state index contributed by atoms with van der Waals surface area (Å²) in [5.74, 6) is 1.16. The van der Waals surface area contributed by atoms with Gasteiger partial charge in [-0.3, -0.25) is 0 Å².